The average Bonchev–Trinajstić information content (AvgIpc) is 2.46. The van der Waals surface area contributed by atoms with Gasteiger partial charge in [-0.3, -0.25) is 4.79 Å². The number of aromatic amines is 1. The number of nitrogens with one attached hydrogen (secondary N) is 2. The van der Waals surface area contributed by atoms with Crippen molar-refractivity contribution in [1.82, 2.24) is 15.3 Å². The van der Waals surface area contributed by atoms with Gasteiger partial charge in [0.15, 0.2) is 5.16 Å². The molecule has 0 atom stereocenters. The first-order valence-corrected chi connectivity index (χ1v) is 8.01. The third-order valence-corrected chi connectivity index (χ3v) is 4.56. The highest BCUT2D eigenvalue weighted by Gasteiger charge is 2.05. The maximum Gasteiger partial charge on any atom is 0.251 e. The van der Waals surface area contributed by atoms with Gasteiger partial charge in [0.05, 0.1) is 6.61 Å². The number of methoxy groups -OCH3 is 1. The van der Waals surface area contributed by atoms with E-state index in [0.717, 1.165) is 22.5 Å². The fourth-order valence-corrected chi connectivity index (χ4v) is 3.09. The number of H-pyrrole nitrogens is 1. The summed E-state index contributed by atoms with van der Waals surface area (Å²) in [5, 5.41) is 3.87. The summed E-state index contributed by atoms with van der Waals surface area (Å²) in [5.74, 6) is 0. The molecule has 2 aromatic rings. The minimum Gasteiger partial charge on any atom is -0.383 e. The van der Waals surface area contributed by atoms with Crippen molar-refractivity contribution in [3.8, 4) is 0 Å². The van der Waals surface area contributed by atoms with E-state index in [0.29, 0.717) is 11.8 Å². The molecule has 5 nitrogen and oxygen atoms in total. The maximum atomic E-state index is 11.3. The van der Waals surface area contributed by atoms with Crippen molar-refractivity contribution < 1.29 is 4.74 Å². The zero-order valence-corrected chi connectivity index (χ0v) is 14.0. The molecule has 0 unspecified atom stereocenters. The molecule has 0 spiro atoms. The fourth-order valence-electron chi connectivity index (χ4n) is 1.65. The zero-order valence-electron chi connectivity index (χ0n) is 11.6. The van der Waals surface area contributed by atoms with Crippen molar-refractivity contribution in [2.24, 2.45) is 0 Å². The van der Waals surface area contributed by atoms with Gasteiger partial charge in [0.25, 0.3) is 5.56 Å². The summed E-state index contributed by atoms with van der Waals surface area (Å²) in [7, 11) is 1.69. The van der Waals surface area contributed by atoms with E-state index >= 15 is 0 Å². The SMILES string of the molecule is COCCNCc1ccc(Sc2nccc(=O)[nH]2)c(Br)c1. The van der Waals surface area contributed by atoms with Crippen LogP contribution in [0.2, 0.25) is 0 Å². The lowest BCUT2D eigenvalue weighted by Gasteiger charge is -2.08. The van der Waals surface area contributed by atoms with E-state index in [-0.39, 0.29) is 5.56 Å². The van der Waals surface area contributed by atoms with Gasteiger partial charge in [-0.1, -0.05) is 17.8 Å². The number of rotatable bonds is 7. The van der Waals surface area contributed by atoms with Crippen LogP contribution in [0.5, 0.6) is 0 Å². The van der Waals surface area contributed by atoms with Crippen molar-refractivity contribution in [2.45, 2.75) is 16.6 Å². The number of hydrogen-bond donors (Lipinski definition) is 2. The first kappa shape index (κ1) is 16.2. The van der Waals surface area contributed by atoms with Gasteiger partial charge in [-0.2, -0.15) is 0 Å². The Morgan fingerprint density at radius 1 is 1.43 bits per heavy atom. The summed E-state index contributed by atoms with van der Waals surface area (Å²) >= 11 is 4.97. The van der Waals surface area contributed by atoms with Crippen LogP contribution in [0.1, 0.15) is 5.56 Å². The Labute approximate surface area is 135 Å². The quantitative estimate of drug-likeness (QED) is 0.579. The number of nitrogens with zero attached hydrogens (tertiary/aromatic N) is 1. The summed E-state index contributed by atoms with van der Waals surface area (Å²) in [4.78, 5) is 19.1. The molecule has 2 rings (SSSR count). The van der Waals surface area contributed by atoms with Gasteiger partial charge in [-0.05, 0) is 33.6 Å². The molecule has 0 aliphatic carbocycles. The first-order valence-electron chi connectivity index (χ1n) is 6.40. The van der Waals surface area contributed by atoms with Gasteiger partial charge in [0.1, 0.15) is 0 Å². The van der Waals surface area contributed by atoms with E-state index < -0.39 is 0 Å². The number of hydrogen-bond acceptors (Lipinski definition) is 5. The van der Waals surface area contributed by atoms with E-state index in [9.17, 15) is 4.79 Å². The molecule has 0 aliphatic rings. The molecule has 1 heterocycles. The second-order valence-electron chi connectivity index (χ2n) is 4.28. The van der Waals surface area contributed by atoms with Gasteiger partial charge in [-0.25, -0.2) is 4.98 Å². The molecular weight excluding hydrogens is 354 g/mol. The smallest absolute Gasteiger partial charge is 0.251 e. The van der Waals surface area contributed by atoms with Gasteiger partial charge in [0, 0.05) is 41.8 Å². The summed E-state index contributed by atoms with van der Waals surface area (Å²) in [6, 6.07) is 7.51. The number of ether oxygens (including phenoxy) is 1. The summed E-state index contributed by atoms with van der Waals surface area (Å²) < 4.78 is 5.96. The molecule has 0 saturated heterocycles. The highest BCUT2D eigenvalue weighted by atomic mass is 79.9. The molecule has 0 saturated carbocycles. The molecule has 0 aliphatic heterocycles. The van der Waals surface area contributed by atoms with Crippen LogP contribution in [0.15, 0.2) is 49.8 Å². The summed E-state index contributed by atoms with van der Waals surface area (Å²) in [5.41, 5.74) is 1.03. The lowest BCUT2D eigenvalue weighted by Crippen LogP contribution is -2.18. The van der Waals surface area contributed by atoms with Crippen molar-refractivity contribution in [3.63, 3.8) is 0 Å². The Morgan fingerprint density at radius 3 is 3.00 bits per heavy atom. The molecule has 1 aromatic carbocycles. The predicted octanol–water partition coefficient (Wildman–Crippen LogP) is 2.42. The predicted molar refractivity (Wildman–Crippen MR) is 86.7 cm³/mol. The highest BCUT2D eigenvalue weighted by Crippen LogP contribution is 2.31. The molecule has 21 heavy (non-hydrogen) atoms. The topological polar surface area (TPSA) is 67.0 Å². The largest absolute Gasteiger partial charge is 0.383 e. The van der Waals surface area contributed by atoms with Gasteiger partial charge < -0.3 is 15.0 Å². The molecule has 7 heteroatoms. The Morgan fingerprint density at radius 2 is 2.29 bits per heavy atom. The normalized spacial score (nSPS) is 10.8. The molecule has 0 radical (unpaired) electrons. The lowest BCUT2D eigenvalue weighted by molar-refractivity contribution is 0.199. The van der Waals surface area contributed by atoms with Gasteiger partial charge >= 0.3 is 0 Å². The highest BCUT2D eigenvalue weighted by molar-refractivity contribution is 9.10. The van der Waals surface area contributed by atoms with Crippen LogP contribution >= 0.6 is 27.7 Å². The van der Waals surface area contributed by atoms with E-state index in [1.165, 1.54) is 29.6 Å². The molecule has 1 aromatic heterocycles. The molecule has 0 amide bonds. The number of aromatic nitrogens is 2. The Balaban J connectivity index is 2.00. The van der Waals surface area contributed by atoms with Crippen LogP contribution in [0.3, 0.4) is 0 Å². The van der Waals surface area contributed by atoms with Gasteiger partial charge in [0.2, 0.25) is 0 Å². The van der Waals surface area contributed by atoms with Crippen LogP contribution < -0.4 is 10.9 Å². The monoisotopic (exact) mass is 369 g/mol. The van der Waals surface area contributed by atoms with Crippen LogP contribution in [0.4, 0.5) is 0 Å². The Bertz CT molecular complexity index is 648. The summed E-state index contributed by atoms with van der Waals surface area (Å²) in [6.45, 7) is 2.30. The molecule has 112 valence electrons. The average molecular weight is 370 g/mol. The number of benzene rings is 1. The van der Waals surface area contributed by atoms with E-state index in [2.05, 4.69) is 37.3 Å². The summed E-state index contributed by atoms with van der Waals surface area (Å²) in [6.07, 6.45) is 1.50. The van der Waals surface area contributed by atoms with Crippen molar-refractivity contribution in [2.75, 3.05) is 20.3 Å². The fraction of sp³-hybridized carbons (Fsp3) is 0.286. The zero-order chi connectivity index (χ0) is 15.1. The second-order valence-corrected chi connectivity index (χ2v) is 6.16. The third-order valence-electron chi connectivity index (χ3n) is 2.66. The molecule has 2 N–H and O–H groups in total. The minimum atomic E-state index is -0.150. The Hall–Kier alpha value is -1.15. The van der Waals surface area contributed by atoms with Crippen LogP contribution in [-0.2, 0) is 11.3 Å². The molecule has 0 fully saturated rings. The van der Waals surface area contributed by atoms with Crippen LogP contribution in [-0.4, -0.2) is 30.2 Å². The van der Waals surface area contributed by atoms with Crippen molar-refractivity contribution in [1.29, 1.82) is 0 Å². The molecule has 0 bridgehead atoms. The number of halogens is 1. The standard InChI is InChI=1S/C14H16BrN3O2S/c1-20-7-6-16-9-10-2-3-12(11(15)8-10)21-14-17-5-4-13(19)18-14/h2-5,8,16H,6-7,9H2,1H3,(H,17,18,19). The van der Waals surface area contributed by atoms with Crippen LogP contribution in [0, 0.1) is 0 Å². The third kappa shape index (κ3) is 5.28. The minimum absolute atomic E-state index is 0.150. The van der Waals surface area contributed by atoms with Crippen LogP contribution in [0.25, 0.3) is 0 Å². The lowest BCUT2D eigenvalue weighted by atomic mass is 10.2. The Kier molecular flexibility index (Phi) is 6.44. The van der Waals surface area contributed by atoms with Crippen molar-refractivity contribution >= 4 is 27.7 Å². The van der Waals surface area contributed by atoms with E-state index in [4.69, 9.17) is 4.74 Å². The molecular formula is C14H16BrN3O2S. The second kappa shape index (κ2) is 8.33. The van der Waals surface area contributed by atoms with E-state index in [1.54, 1.807) is 7.11 Å². The first-order chi connectivity index (χ1) is 10.2. The van der Waals surface area contributed by atoms with Crippen molar-refractivity contribution in [3.05, 3.63) is 50.9 Å². The maximum absolute atomic E-state index is 11.3. The van der Waals surface area contributed by atoms with Gasteiger partial charge in [-0.15, -0.1) is 0 Å². The van der Waals surface area contributed by atoms with E-state index in [1.807, 2.05) is 12.1 Å².